The Labute approximate surface area is 137 Å². The first-order chi connectivity index (χ1) is 10.6. The first-order valence-corrected chi connectivity index (χ1v) is 8.25. The fraction of sp³-hybridized carbons (Fsp3) is 0.529. The number of piperidine rings is 1. The van der Waals surface area contributed by atoms with Crippen molar-refractivity contribution in [2.75, 3.05) is 19.7 Å². The Balaban J connectivity index is 2.01. The zero-order valence-corrected chi connectivity index (χ0v) is 13.9. The molecule has 1 aromatic carbocycles. The number of hydrogen-bond acceptors (Lipinski definition) is 4. The number of nitrogens with two attached hydrogens (primary N) is 1. The molecule has 120 valence electrons. The van der Waals surface area contributed by atoms with Crippen molar-refractivity contribution in [2.24, 2.45) is 11.7 Å². The molecule has 1 unspecified atom stereocenters. The number of thiocarbonyl (C=S) groups is 1. The molecule has 1 aromatic rings. The van der Waals surface area contributed by atoms with Crippen molar-refractivity contribution in [1.29, 1.82) is 0 Å². The maximum Gasteiger partial charge on any atom is 0.310 e. The van der Waals surface area contributed by atoms with E-state index in [0.29, 0.717) is 18.0 Å². The van der Waals surface area contributed by atoms with Crippen LogP contribution < -0.4 is 5.73 Å². The Bertz CT molecular complexity index is 533. The summed E-state index contributed by atoms with van der Waals surface area (Å²) in [6.07, 6.45) is 2.57. The topological polar surface area (TPSA) is 55.6 Å². The van der Waals surface area contributed by atoms with Gasteiger partial charge in [-0.3, -0.25) is 9.69 Å². The molecule has 4 nitrogen and oxygen atoms in total. The van der Waals surface area contributed by atoms with E-state index in [1.165, 1.54) is 11.1 Å². The number of esters is 1. The van der Waals surface area contributed by atoms with E-state index in [0.717, 1.165) is 32.5 Å². The summed E-state index contributed by atoms with van der Waals surface area (Å²) in [5, 5.41) is 0. The van der Waals surface area contributed by atoms with Crippen LogP contribution in [0.15, 0.2) is 24.3 Å². The van der Waals surface area contributed by atoms with Gasteiger partial charge in [0.15, 0.2) is 0 Å². The number of benzene rings is 1. The van der Waals surface area contributed by atoms with Crippen LogP contribution in [-0.2, 0) is 22.5 Å². The van der Waals surface area contributed by atoms with Crippen molar-refractivity contribution in [1.82, 2.24) is 4.90 Å². The van der Waals surface area contributed by atoms with Gasteiger partial charge in [0.1, 0.15) is 0 Å². The smallest absolute Gasteiger partial charge is 0.310 e. The van der Waals surface area contributed by atoms with E-state index < -0.39 is 0 Å². The van der Waals surface area contributed by atoms with Crippen molar-refractivity contribution < 1.29 is 9.53 Å². The fourth-order valence-corrected chi connectivity index (χ4v) is 3.12. The lowest BCUT2D eigenvalue weighted by Gasteiger charge is -2.32. The average Bonchev–Trinajstić information content (AvgIpc) is 2.49. The van der Waals surface area contributed by atoms with Gasteiger partial charge >= 0.3 is 5.97 Å². The van der Waals surface area contributed by atoms with Crippen LogP contribution in [0.25, 0.3) is 0 Å². The molecule has 1 saturated heterocycles. The van der Waals surface area contributed by atoms with Crippen molar-refractivity contribution in [3.63, 3.8) is 0 Å². The van der Waals surface area contributed by atoms with Gasteiger partial charge in [-0.25, -0.2) is 0 Å². The molecule has 2 rings (SSSR count). The summed E-state index contributed by atoms with van der Waals surface area (Å²) in [6.45, 7) is 4.91. The van der Waals surface area contributed by atoms with Crippen LogP contribution in [0.5, 0.6) is 0 Å². The standard InChI is InChI=1S/C17H24N2O2S/c1-2-21-17(20)15-8-5-9-19(12-15)11-14-7-4-3-6-13(14)10-16(18)22/h3-4,6-7,15H,2,5,8-12H2,1H3,(H2,18,22). The maximum absolute atomic E-state index is 11.9. The summed E-state index contributed by atoms with van der Waals surface area (Å²) in [4.78, 5) is 14.8. The molecule has 0 amide bonds. The van der Waals surface area contributed by atoms with Crippen LogP contribution in [0.1, 0.15) is 30.9 Å². The largest absolute Gasteiger partial charge is 0.466 e. The van der Waals surface area contributed by atoms with Crippen molar-refractivity contribution >= 4 is 23.2 Å². The zero-order chi connectivity index (χ0) is 15.9. The van der Waals surface area contributed by atoms with Crippen molar-refractivity contribution in [3.05, 3.63) is 35.4 Å². The third-order valence-corrected chi connectivity index (χ3v) is 4.15. The molecule has 0 spiro atoms. The number of carbonyl (C=O) groups is 1. The minimum atomic E-state index is -0.0661. The predicted octanol–water partition coefficient (Wildman–Crippen LogP) is 2.29. The van der Waals surface area contributed by atoms with Gasteiger partial charge in [0.25, 0.3) is 0 Å². The third kappa shape index (κ3) is 4.78. The highest BCUT2D eigenvalue weighted by Gasteiger charge is 2.27. The molecule has 22 heavy (non-hydrogen) atoms. The Hall–Kier alpha value is -1.46. The number of rotatable bonds is 6. The van der Waals surface area contributed by atoms with Crippen molar-refractivity contribution in [3.8, 4) is 0 Å². The zero-order valence-electron chi connectivity index (χ0n) is 13.1. The highest BCUT2D eigenvalue weighted by molar-refractivity contribution is 7.80. The van der Waals surface area contributed by atoms with Crippen LogP contribution in [0.3, 0.4) is 0 Å². The summed E-state index contributed by atoms with van der Waals surface area (Å²) in [5.41, 5.74) is 8.09. The molecule has 1 fully saturated rings. The summed E-state index contributed by atoms with van der Waals surface area (Å²) in [5.74, 6) is -0.0694. The molecule has 5 heteroatoms. The molecule has 0 bridgehead atoms. The molecule has 0 saturated carbocycles. The monoisotopic (exact) mass is 320 g/mol. The van der Waals surface area contributed by atoms with Gasteiger partial charge in [0.2, 0.25) is 0 Å². The predicted molar refractivity (Wildman–Crippen MR) is 91.6 cm³/mol. The van der Waals surface area contributed by atoms with E-state index in [1.807, 2.05) is 19.1 Å². The highest BCUT2D eigenvalue weighted by Crippen LogP contribution is 2.21. The third-order valence-electron chi connectivity index (χ3n) is 4.00. The molecular formula is C17H24N2O2S. The van der Waals surface area contributed by atoms with E-state index in [2.05, 4.69) is 17.0 Å². The molecule has 1 atom stereocenters. The molecule has 0 aliphatic carbocycles. The Morgan fingerprint density at radius 2 is 2.14 bits per heavy atom. The summed E-state index contributed by atoms with van der Waals surface area (Å²) in [6, 6.07) is 8.22. The summed E-state index contributed by atoms with van der Waals surface area (Å²) in [7, 11) is 0. The van der Waals surface area contributed by atoms with Crippen LogP contribution >= 0.6 is 12.2 Å². The molecule has 1 heterocycles. The van der Waals surface area contributed by atoms with Crippen LogP contribution in [0.4, 0.5) is 0 Å². The molecule has 2 N–H and O–H groups in total. The summed E-state index contributed by atoms with van der Waals surface area (Å²) < 4.78 is 5.16. The summed E-state index contributed by atoms with van der Waals surface area (Å²) >= 11 is 5.03. The SMILES string of the molecule is CCOC(=O)C1CCCN(Cc2ccccc2CC(N)=S)C1. The lowest BCUT2D eigenvalue weighted by Crippen LogP contribution is -2.39. The molecule has 0 aromatic heterocycles. The molecular weight excluding hydrogens is 296 g/mol. The molecule has 0 radical (unpaired) electrons. The van der Waals surface area contributed by atoms with Crippen LogP contribution in [-0.4, -0.2) is 35.6 Å². The Morgan fingerprint density at radius 3 is 2.82 bits per heavy atom. The van der Waals surface area contributed by atoms with E-state index in [1.54, 1.807) is 0 Å². The second-order valence-corrected chi connectivity index (χ2v) is 6.26. The first-order valence-electron chi connectivity index (χ1n) is 7.84. The van der Waals surface area contributed by atoms with Gasteiger partial charge in [-0.15, -0.1) is 0 Å². The minimum Gasteiger partial charge on any atom is -0.466 e. The van der Waals surface area contributed by atoms with E-state index >= 15 is 0 Å². The lowest BCUT2D eigenvalue weighted by molar-refractivity contribution is -0.150. The first kappa shape index (κ1) is 16.9. The van der Waals surface area contributed by atoms with Gasteiger partial charge in [-0.05, 0) is 37.4 Å². The van der Waals surface area contributed by atoms with Gasteiger partial charge in [0, 0.05) is 19.5 Å². The maximum atomic E-state index is 11.9. The van der Waals surface area contributed by atoms with E-state index in [9.17, 15) is 4.79 Å². The number of likely N-dealkylation sites (tertiary alicyclic amines) is 1. The minimum absolute atomic E-state index is 0.00329. The van der Waals surface area contributed by atoms with E-state index in [4.69, 9.17) is 22.7 Å². The van der Waals surface area contributed by atoms with Gasteiger partial charge in [-0.2, -0.15) is 0 Å². The quantitative estimate of drug-likeness (QED) is 0.644. The Kier molecular flexibility index (Phi) is 6.34. The highest BCUT2D eigenvalue weighted by atomic mass is 32.1. The number of nitrogens with zero attached hydrogens (tertiary/aromatic N) is 1. The normalized spacial score (nSPS) is 18.9. The molecule has 1 aliphatic heterocycles. The fourth-order valence-electron chi connectivity index (χ4n) is 2.96. The number of ether oxygens (including phenoxy) is 1. The second-order valence-electron chi connectivity index (χ2n) is 5.74. The van der Waals surface area contributed by atoms with Gasteiger partial charge in [-0.1, -0.05) is 36.5 Å². The lowest BCUT2D eigenvalue weighted by atomic mass is 9.96. The van der Waals surface area contributed by atoms with Crippen LogP contribution in [0.2, 0.25) is 0 Å². The number of carbonyl (C=O) groups excluding carboxylic acids is 1. The van der Waals surface area contributed by atoms with Crippen molar-refractivity contribution in [2.45, 2.75) is 32.7 Å². The average molecular weight is 320 g/mol. The Morgan fingerprint density at radius 1 is 1.41 bits per heavy atom. The van der Waals surface area contributed by atoms with Gasteiger partial charge < -0.3 is 10.5 Å². The van der Waals surface area contributed by atoms with Crippen LogP contribution in [0, 0.1) is 5.92 Å². The second kappa shape index (κ2) is 8.25. The van der Waals surface area contributed by atoms with Gasteiger partial charge in [0.05, 0.1) is 17.5 Å². The molecule has 1 aliphatic rings. The number of hydrogen-bond donors (Lipinski definition) is 1. The van der Waals surface area contributed by atoms with E-state index in [-0.39, 0.29) is 11.9 Å².